The molecule has 1 saturated heterocycles. The van der Waals surface area contributed by atoms with Gasteiger partial charge in [-0.2, -0.15) is 0 Å². The molecule has 8 heteroatoms. The summed E-state index contributed by atoms with van der Waals surface area (Å²) < 4.78 is 11.5. The lowest BCUT2D eigenvalue weighted by Gasteiger charge is -2.19. The lowest BCUT2D eigenvalue weighted by atomic mass is 10.2. The number of hydrogen-bond donors (Lipinski definition) is 2. The van der Waals surface area contributed by atoms with Crippen molar-refractivity contribution in [2.75, 3.05) is 71.4 Å². The molecule has 0 saturated carbocycles. The number of nitrogens with zero attached hydrogens (tertiary/aromatic N) is 3. The normalized spacial score (nSPS) is 18.3. The highest BCUT2D eigenvalue weighted by atomic mass is 127. The maximum atomic E-state index is 5.78. The van der Waals surface area contributed by atoms with Crippen molar-refractivity contribution in [2.24, 2.45) is 4.99 Å². The Labute approximate surface area is 192 Å². The molecule has 3 rings (SSSR count). The average molecular weight is 517 g/mol. The standard InChI is InChI=1S/C21H35N5O2.HI/c1-3-22-21(23-9-4-11-26-12-5-10-25(2)13-14-26)24-18-7-8-19-20(17-18)28-16-6-15-27-19;/h7-8,17H,3-6,9-16H2,1-2H3,(H2,22,23,24);1H. The maximum Gasteiger partial charge on any atom is 0.195 e. The maximum absolute atomic E-state index is 5.78. The number of ether oxygens (including phenoxy) is 2. The molecule has 1 aromatic rings. The lowest BCUT2D eigenvalue weighted by molar-refractivity contribution is 0.275. The van der Waals surface area contributed by atoms with Gasteiger partial charge in [-0.15, -0.1) is 24.0 Å². The van der Waals surface area contributed by atoms with Gasteiger partial charge in [-0.05, 0) is 58.6 Å². The van der Waals surface area contributed by atoms with Gasteiger partial charge in [-0.3, -0.25) is 4.99 Å². The smallest absolute Gasteiger partial charge is 0.195 e. The van der Waals surface area contributed by atoms with Crippen LogP contribution in [0.15, 0.2) is 23.2 Å². The van der Waals surface area contributed by atoms with Crippen LogP contribution in [-0.4, -0.2) is 81.8 Å². The molecule has 2 aliphatic heterocycles. The van der Waals surface area contributed by atoms with Crippen molar-refractivity contribution >= 4 is 35.6 Å². The summed E-state index contributed by atoms with van der Waals surface area (Å²) in [6, 6.07) is 5.96. The summed E-state index contributed by atoms with van der Waals surface area (Å²) in [4.78, 5) is 9.72. The third kappa shape index (κ3) is 8.18. The molecule has 164 valence electrons. The van der Waals surface area contributed by atoms with Crippen LogP contribution in [0.4, 0.5) is 5.69 Å². The molecule has 7 nitrogen and oxygen atoms in total. The van der Waals surface area contributed by atoms with Crippen molar-refractivity contribution in [3.63, 3.8) is 0 Å². The van der Waals surface area contributed by atoms with E-state index in [1.807, 2.05) is 18.2 Å². The first-order valence-corrected chi connectivity index (χ1v) is 10.6. The van der Waals surface area contributed by atoms with Crippen molar-refractivity contribution in [1.29, 1.82) is 0 Å². The van der Waals surface area contributed by atoms with Gasteiger partial charge in [0, 0.05) is 44.4 Å². The van der Waals surface area contributed by atoms with Crippen molar-refractivity contribution in [3.8, 4) is 11.5 Å². The fourth-order valence-corrected chi connectivity index (χ4v) is 3.49. The largest absolute Gasteiger partial charge is 0.490 e. The monoisotopic (exact) mass is 517 g/mol. The molecule has 0 atom stereocenters. The molecule has 1 fully saturated rings. The first-order valence-electron chi connectivity index (χ1n) is 10.6. The minimum absolute atomic E-state index is 0. The number of likely N-dealkylation sites (N-methyl/N-ethyl adjacent to an activating group) is 1. The van der Waals surface area contributed by atoms with Crippen LogP contribution in [-0.2, 0) is 0 Å². The molecule has 0 radical (unpaired) electrons. The second-order valence-electron chi connectivity index (χ2n) is 7.45. The van der Waals surface area contributed by atoms with E-state index in [4.69, 9.17) is 14.5 Å². The van der Waals surface area contributed by atoms with E-state index >= 15 is 0 Å². The van der Waals surface area contributed by atoms with E-state index in [-0.39, 0.29) is 24.0 Å². The number of anilines is 1. The second-order valence-corrected chi connectivity index (χ2v) is 7.45. The summed E-state index contributed by atoms with van der Waals surface area (Å²) in [5.74, 6) is 2.42. The zero-order chi connectivity index (χ0) is 19.6. The van der Waals surface area contributed by atoms with E-state index in [0.717, 1.165) is 68.7 Å². The molecule has 0 amide bonds. The van der Waals surface area contributed by atoms with Crippen LogP contribution in [0, 0.1) is 0 Å². The molecule has 1 aromatic carbocycles. The molecule has 0 aliphatic carbocycles. The number of benzene rings is 1. The number of hydrogen-bond acceptors (Lipinski definition) is 5. The Kier molecular flexibility index (Phi) is 10.9. The highest BCUT2D eigenvalue weighted by Gasteiger charge is 2.12. The highest BCUT2D eigenvalue weighted by molar-refractivity contribution is 14.0. The summed E-state index contributed by atoms with van der Waals surface area (Å²) in [6.07, 6.45) is 3.24. The van der Waals surface area contributed by atoms with Crippen LogP contribution in [0.2, 0.25) is 0 Å². The predicted octanol–water partition coefficient (Wildman–Crippen LogP) is 2.87. The van der Waals surface area contributed by atoms with Gasteiger partial charge in [0.05, 0.1) is 13.2 Å². The molecule has 29 heavy (non-hydrogen) atoms. The molecular formula is C21H36IN5O2. The van der Waals surface area contributed by atoms with Crippen molar-refractivity contribution in [1.82, 2.24) is 15.1 Å². The quantitative estimate of drug-likeness (QED) is 0.262. The molecule has 2 aliphatic rings. The van der Waals surface area contributed by atoms with Crippen LogP contribution in [0.1, 0.15) is 26.2 Å². The number of rotatable bonds is 6. The first kappa shape index (κ1) is 24.0. The SMILES string of the molecule is CCNC(=NCCCN1CCCN(C)CC1)Nc1ccc2c(c1)OCCCO2.I. The van der Waals surface area contributed by atoms with Crippen LogP contribution in [0.25, 0.3) is 0 Å². The van der Waals surface area contributed by atoms with Crippen molar-refractivity contribution in [3.05, 3.63) is 18.2 Å². The van der Waals surface area contributed by atoms with Gasteiger partial charge in [-0.1, -0.05) is 0 Å². The summed E-state index contributed by atoms with van der Waals surface area (Å²) in [7, 11) is 2.21. The van der Waals surface area contributed by atoms with Gasteiger partial charge in [0.15, 0.2) is 17.5 Å². The van der Waals surface area contributed by atoms with E-state index in [2.05, 4.69) is 34.4 Å². The molecule has 0 bridgehead atoms. The zero-order valence-corrected chi connectivity index (χ0v) is 20.1. The van der Waals surface area contributed by atoms with Gasteiger partial charge < -0.3 is 29.9 Å². The highest BCUT2D eigenvalue weighted by Crippen LogP contribution is 2.32. The Morgan fingerprint density at radius 1 is 1.07 bits per heavy atom. The Balaban J connectivity index is 0.00000300. The van der Waals surface area contributed by atoms with Gasteiger partial charge in [-0.25, -0.2) is 0 Å². The Bertz CT molecular complexity index is 643. The third-order valence-corrected chi connectivity index (χ3v) is 5.07. The molecule has 0 unspecified atom stereocenters. The fourth-order valence-electron chi connectivity index (χ4n) is 3.49. The van der Waals surface area contributed by atoms with Crippen LogP contribution >= 0.6 is 24.0 Å². The zero-order valence-electron chi connectivity index (χ0n) is 17.8. The molecular weight excluding hydrogens is 481 g/mol. The second kappa shape index (κ2) is 13.1. The van der Waals surface area contributed by atoms with E-state index in [1.165, 1.54) is 19.5 Å². The van der Waals surface area contributed by atoms with Crippen LogP contribution in [0.3, 0.4) is 0 Å². The van der Waals surface area contributed by atoms with E-state index in [1.54, 1.807) is 0 Å². The molecule has 0 aromatic heterocycles. The summed E-state index contributed by atoms with van der Waals surface area (Å²) in [5.41, 5.74) is 0.958. The Morgan fingerprint density at radius 3 is 2.72 bits per heavy atom. The molecule has 2 N–H and O–H groups in total. The summed E-state index contributed by atoms with van der Waals surface area (Å²) >= 11 is 0. The minimum Gasteiger partial charge on any atom is -0.490 e. The lowest BCUT2D eigenvalue weighted by Crippen LogP contribution is -2.32. The minimum atomic E-state index is 0. The number of fused-ring (bicyclic) bond motifs is 1. The van der Waals surface area contributed by atoms with Gasteiger partial charge in [0.2, 0.25) is 0 Å². The number of halogens is 1. The summed E-state index contributed by atoms with van der Waals surface area (Å²) in [6.45, 7) is 11.0. The third-order valence-electron chi connectivity index (χ3n) is 5.07. The molecule has 2 heterocycles. The van der Waals surface area contributed by atoms with Gasteiger partial charge in [0.25, 0.3) is 0 Å². The first-order chi connectivity index (χ1) is 13.7. The Morgan fingerprint density at radius 2 is 1.90 bits per heavy atom. The fraction of sp³-hybridized carbons (Fsp3) is 0.667. The van der Waals surface area contributed by atoms with E-state index < -0.39 is 0 Å². The number of guanidine groups is 1. The number of nitrogens with one attached hydrogen (secondary N) is 2. The van der Waals surface area contributed by atoms with Crippen molar-refractivity contribution < 1.29 is 9.47 Å². The predicted molar refractivity (Wildman–Crippen MR) is 130 cm³/mol. The average Bonchev–Trinajstić information content (AvgIpc) is 3.05. The van der Waals surface area contributed by atoms with Crippen LogP contribution < -0.4 is 20.1 Å². The number of aliphatic imine (C=N–C) groups is 1. The Hall–Kier alpha value is -1.26. The van der Waals surface area contributed by atoms with Crippen molar-refractivity contribution in [2.45, 2.75) is 26.2 Å². The van der Waals surface area contributed by atoms with Gasteiger partial charge in [0.1, 0.15) is 0 Å². The van der Waals surface area contributed by atoms with E-state index in [0.29, 0.717) is 13.2 Å². The van der Waals surface area contributed by atoms with E-state index in [9.17, 15) is 0 Å². The van der Waals surface area contributed by atoms with Gasteiger partial charge >= 0.3 is 0 Å². The summed E-state index contributed by atoms with van der Waals surface area (Å²) in [5, 5.41) is 6.71. The molecule has 0 spiro atoms. The topological polar surface area (TPSA) is 61.4 Å². The van der Waals surface area contributed by atoms with Crippen LogP contribution in [0.5, 0.6) is 11.5 Å².